The molecule has 0 aromatic heterocycles. The third-order valence-corrected chi connectivity index (χ3v) is 4.80. The van der Waals surface area contributed by atoms with Crippen LogP contribution in [0.5, 0.6) is 0 Å². The summed E-state index contributed by atoms with van der Waals surface area (Å²) in [5, 5.41) is 6.57. The summed E-state index contributed by atoms with van der Waals surface area (Å²) in [5.41, 5.74) is 0. The molecule has 2 fully saturated rings. The SMILES string of the molecule is CC1CCC(C)N1C(C)C(=O)NCC[C@@H]1CCCN1. The van der Waals surface area contributed by atoms with Crippen molar-refractivity contribution in [3.05, 3.63) is 0 Å². The smallest absolute Gasteiger partial charge is 0.237 e. The number of carbonyl (C=O) groups excluding carboxylic acids is 1. The normalized spacial score (nSPS) is 33.5. The molecule has 0 bridgehead atoms. The molecule has 110 valence electrons. The maximum Gasteiger partial charge on any atom is 0.237 e. The van der Waals surface area contributed by atoms with E-state index < -0.39 is 0 Å². The lowest BCUT2D eigenvalue weighted by molar-refractivity contribution is -0.126. The van der Waals surface area contributed by atoms with Crippen molar-refractivity contribution >= 4 is 5.91 Å². The highest BCUT2D eigenvalue weighted by Gasteiger charge is 2.34. The molecule has 4 heteroatoms. The number of hydrogen-bond acceptors (Lipinski definition) is 3. The van der Waals surface area contributed by atoms with Crippen LogP contribution < -0.4 is 10.6 Å². The lowest BCUT2D eigenvalue weighted by Gasteiger charge is -2.31. The maximum atomic E-state index is 12.2. The van der Waals surface area contributed by atoms with Crippen molar-refractivity contribution in [2.75, 3.05) is 13.1 Å². The van der Waals surface area contributed by atoms with Crippen molar-refractivity contribution in [3.63, 3.8) is 0 Å². The molecule has 19 heavy (non-hydrogen) atoms. The van der Waals surface area contributed by atoms with E-state index in [2.05, 4.69) is 29.4 Å². The molecule has 2 rings (SSSR count). The Morgan fingerprint density at radius 3 is 2.58 bits per heavy atom. The monoisotopic (exact) mass is 267 g/mol. The second kappa shape index (κ2) is 6.71. The number of nitrogens with zero attached hydrogens (tertiary/aromatic N) is 1. The van der Waals surface area contributed by atoms with Gasteiger partial charge in [0.2, 0.25) is 5.91 Å². The van der Waals surface area contributed by atoms with E-state index in [0.717, 1.165) is 19.5 Å². The van der Waals surface area contributed by atoms with Gasteiger partial charge in [0.25, 0.3) is 0 Å². The summed E-state index contributed by atoms with van der Waals surface area (Å²) >= 11 is 0. The summed E-state index contributed by atoms with van der Waals surface area (Å²) < 4.78 is 0. The van der Waals surface area contributed by atoms with E-state index in [0.29, 0.717) is 18.1 Å². The number of carbonyl (C=O) groups is 1. The molecule has 0 aromatic carbocycles. The van der Waals surface area contributed by atoms with Gasteiger partial charge in [-0.25, -0.2) is 0 Å². The van der Waals surface area contributed by atoms with Crippen molar-refractivity contribution < 1.29 is 4.79 Å². The summed E-state index contributed by atoms with van der Waals surface area (Å²) in [4.78, 5) is 14.6. The number of hydrogen-bond donors (Lipinski definition) is 2. The molecule has 0 saturated carbocycles. The van der Waals surface area contributed by atoms with Crippen LogP contribution in [0.3, 0.4) is 0 Å². The molecule has 0 aliphatic carbocycles. The Hall–Kier alpha value is -0.610. The van der Waals surface area contributed by atoms with Crippen LogP contribution in [0.15, 0.2) is 0 Å². The molecular formula is C15H29N3O. The molecule has 0 radical (unpaired) electrons. The summed E-state index contributed by atoms with van der Waals surface area (Å²) in [6, 6.07) is 1.68. The van der Waals surface area contributed by atoms with E-state index >= 15 is 0 Å². The first-order valence-electron chi connectivity index (χ1n) is 7.88. The highest BCUT2D eigenvalue weighted by Crippen LogP contribution is 2.25. The van der Waals surface area contributed by atoms with E-state index in [1.165, 1.54) is 25.7 Å². The number of likely N-dealkylation sites (tertiary alicyclic amines) is 1. The van der Waals surface area contributed by atoms with Gasteiger partial charge < -0.3 is 10.6 Å². The number of rotatable bonds is 5. The van der Waals surface area contributed by atoms with Gasteiger partial charge in [-0.2, -0.15) is 0 Å². The third-order valence-electron chi connectivity index (χ3n) is 4.80. The topological polar surface area (TPSA) is 44.4 Å². The van der Waals surface area contributed by atoms with Gasteiger partial charge >= 0.3 is 0 Å². The maximum absolute atomic E-state index is 12.2. The zero-order valence-electron chi connectivity index (χ0n) is 12.6. The molecule has 2 heterocycles. The molecule has 4 atom stereocenters. The van der Waals surface area contributed by atoms with E-state index in [4.69, 9.17) is 0 Å². The van der Waals surface area contributed by atoms with Gasteiger partial charge in [0.05, 0.1) is 6.04 Å². The Kier molecular flexibility index (Phi) is 5.22. The van der Waals surface area contributed by atoms with Crippen LogP contribution in [0, 0.1) is 0 Å². The van der Waals surface area contributed by atoms with E-state index in [9.17, 15) is 4.79 Å². The highest BCUT2D eigenvalue weighted by atomic mass is 16.2. The first-order chi connectivity index (χ1) is 9.09. The molecule has 2 aliphatic heterocycles. The van der Waals surface area contributed by atoms with Crippen LogP contribution in [0.1, 0.15) is 52.9 Å². The largest absolute Gasteiger partial charge is 0.355 e. The summed E-state index contributed by atoms with van der Waals surface area (Å²) in [7, 11) is 0. The summed E-state index contributed by atoms with van der Waals surface area (Å²) in [5.74, 6) is 0.193. The fourth-order valence-electron chi connectivity index (χ4n) is 3.63. The Bertz CT molecular complexity index is 292. The fourth-order valence-corrected chi connectivity index (χ4v) is 3.63. The second-order valence-corrected chi connectivity index (χ2v) is 6.27. The van der Waals surface area contributed by atoms with Crippen molar-refractivity contribution in [3.8, 4) is 0 Å². The molecule has 0 spiro atoms. The minimum absolute atomic E-state index is 0.00374. The summed E-state index contributed by atoms with van der Waals surface area (Å²) in [6.45, 7) is 8.45. The van der Waals surface area contributed by atoms with Crippen LogP contribution in [0.25, 0.3) is 0 Å². The Morgan fingerprint density at radius 2 is 2.00 bits per heavy atom. The lowest BCUT2D eigenvalue weighted by atomic mass is 10.1. The van der Waals surface area contributed by atoms with Gasteiger partial charge in [-0.1, -0.05) is 0 Å². The van der Waals surface area contributed by atoms with Crippen LogP contribution in [0.4, 0.5) is 0 Å². The lowest BCUT2D eigenvalue weighted by Crippen LogP contribution is -2.49. The molecule has 2 aliphatic rings. The number of amides is 1. The predicted octanol–water partition coefficient (Wildman–Crippen LogP) is 1.51. The van der Waals surface area contributed by atoms with E-state index in [-0.39, 0.29) is 11.9 Å². The van der Waals surface area contributed by atoms with Gasteiger partial charge in [0.15, 0.2) is 0 Å². The molecule has 2 N–H and O–H groups in total. The molecule has 2 saturated heterocycles. The molecular weight excluding hydrogens is 238 g/mol. The molecule has 0 aromatic rings. The average molecular weight is 267 g/mol. The predicted molar refractivity (Wildman–Crippen MR) is 78.1 cm³/mol. The molecule has 3 unspecified atom stereocenters. The van der Waals surface area contributed by atoms with Gasteiger partial charge in [-0.05, 0) is 59.4 Å². The standard InChI is InChI=1S/C15H29N3O/c1-11-6-7-12(2)18(11)13(3)15(19)17-10-8-14-5-4-9-16-14/h11-14,16H,4-10H2,1-3H3,(H,17,19)/t11?,12?,13?,14-/m0/s1. The zero-order valence-corrected chi connectivity index (χ0v) is 12.6. The van der Waals surface area contributed by atoms with Gasteiger partial charge in [0.1, 0.15) is 0 Å². The van der Waals surface area contributed by atoms with Crippen molar-refractivity contribution in [2.45, 2.75) is 77.0 Å². The molecule has 1 amide bonds. The Labute approximate surface area is 117 Å². The van der Waals surface area contributed by atoms with Crippen LogP contribution in [-0.2, 0) is 4.79 Å². The quantitative estimate of drug-likeness (QED) is 0.793. The van der Waals surface area contributed by atoms with Crippen molar-refractivity contribution in [1.82, 2.24) is 15.5 Å². The minimum atomic E-state index is 0.00374. The van der Waals surface area contributed by atoms with Gasteiger partial charge in [-0.15, -0.1) is 0 Å². The number of nitrogens with one attached hydrogen (secondary N) is 2. The first kappa shape index (κ1) is 14.8. The van der Waals surface area contributed by atoms with E-state index in [1.54, 1.807) is 0 Å². The van der Waals surface area contributed by atoms with Crippen LogP contribution in [-0.4, -0.2) is 48.1 Å². The zero-order chi connectivity index (χ0) is 13.8. The van der Waals surface area contributed by atoms with E-state index in [1.807, 2.05) is 6.92 Å². The summed E-state index contributed by atoms with van der Waals surface area (Å²) in [6.07, 6.45) is 6.02. The molecule has 4 nitrogen and oxygen atoms in total. The fraction of sp³-hybridized carbons (Fsp3) is 0.933. The van der Waals surface area contributed by atoms with Crippen molar-refractivity contribution in [2.24, 2.45) is 0 Å². The highest BCUT2D eigenvalue weighted by molar-refractivity contribution is 5.81. The average Bonchev–Trinajstić information content (AvgIpc) is 2.99. The first-order valence-corrected chi connectivity index (χ1v) is 7.88. The second-order valence-electron chi connectivity index (χ2n) is 6.27. The van der Waals surface area contributed by atoms with Gasteiger partial charge in [0, 0.05) is 24.7 Å². The minimum Gasteiger partial charge on any atom is -0.355 e. The van der Waals surface area contributed by atoms with Crippen LogP contribution in [0.2, 0.25) is 0 Å². The Balaban J connectivity index is 1.72. The van der Waals surface area contributed by atoms with Gasteiger partial charge in [-0.3, -0.25) is 9.69 Å². The van der Waals surface area contributed by atoms with Crippen molar-refractivity contribution in [1.29, 1.82) is 0 Å². The third kappa shape index (κ3) is 3.69. The Morgan fingerprint density at radius 1 is 1.32 bits per heavy atom. The van der Waals surface area contributed by atoms with Crippen LogP contribution >= 0.6 is 0 Å².